The van der Waals surface area contributed by atoms with E-state index >= 15 is 0 Å². The molecule has 0 unspecified atom stereocenters. The van der Waals surface area contributed by atoms with Crippen LogP contribution in [-0.4, -0.2) is 25.5 Å². The third kappa shape index (κ3) is 4.17. The number of hydrogen-bond donors (Lipinski definition) is 1. The first-order chi connectivity index (χ1) is 13.2. The summed E-state index contributed by atoms with van der Waals surface area (Å²) in [5, 5.41) is 4.58. The topological polar surface area (TPSA) is 55.6 Å². The summed E-state index contributed by atoms with van der Waals surface area (Å²) in [6, 6.07) is 1.84. The minimum atomic E-state index is -0.433. The van der Waals surface area contributed by atoms with Gasteiger partial charge in [0.2, 0.25) is 0 Å². The molecule has 1 aliphatic carbocycles. The highest BCUT2D eigenvalue weighted by molar-refractivity contribution is 14.2. The second kappa shape index (κ2) is 8.48. The van der Waals surface area contributed by atoms with E-state index in [4.69, 9.17) is 11.6 Å². The summed E-state index contributed by atoms with van der Waals surface area (Å²) in [7, 11) is 1.49. The molecule has 3 aromatic rings. The van der Waals surface area contributed by atoms with Gasteiger partial charge in [0.15, 0.2) is 23.1 Å². The van der Waals surface area contributed by atoms with Crippen molar-refractivity contribution in [2.45, 2.75) is 32.1 Å². The molecule has 1 fully saturated rings. The normalized spacial score (nSPS) is 15.4. The van der Waals surface area contributed by atoms with Crippen LogP contribution in [0, 0.1) is 11.7 Å². The molecule has 0 radical (unpaired) electrons. The molecule has 1 aliphatic rings. The quantitative estimate of drug-likeness (QED) is 0.413. The number of pyridine rings is 1. The average Bonchev–Trinajstić information content (AvgIpc) is 3.06. The molecular weight excluding hydrogens is 500 g/mol. The van der Waals surface area contributed by atoms with Crippen molar-refractivity contribution in [2.75, 3.05) is 11.9 Å². The zero-order valence-corrected chi connectivity index (χ0v) is 18.2. The number of fused-ring (bicyclic) bond motifs is 1. The number of rotatable bonds is 5. The number of nitrogens with one attached hydrogen (secondary N) is 1. The maximum Gasteiger partial charge on any atom is 0.183 e. The Morgan fingerprint density at radius 2 is 2.07 bits per heavy atom. The maximum absolute atomic E-state index is 14.3. The lowest BCUT2D eigenvalue weighted by Crippen LogP contribution is -2.18. The standard InChI is InChI=1S/C18H18ClFIN5S/c19-12-6-13-14(10-26(27-21)18(13)24-8-12)16-23-9-15(20)17(25-16)22-7-11-4-2-1-3-5-11/h6,8-11H,1-5,7H2,(H,22,23,25). The number of halogens is 3. The van der Waals surface area contributed by atoms with E-state index in [1.807, 2.05) is 16.2 Å². The van der Waals surface area contributed by atoms with Crippen LogP contribution in [0.5, 0.6) is 0 Å². The second-order valence-corrected chi connectivity index (χ2v) is 8.89. The third-order valence-corrected chi connectivity index (χ3v) is 6.83. The molecule has 0 atom stereocenters. The van der Waals surface area contributed by atoms with Crippen LogP contribution in [0.15, 0.2) is 24.7 Å². The Kier molecular flexibility index (Phi) is 6.03. The van der Waals surface area contributed by atoms with Crippen molar-refractivity contribution in [3.05, 3.63) is 35.5 Å². The molecule has 1 saturated carbocycles. The minimum Gasteiger partial charge on any atom is -0.367 e. The van der Waals surface area contributed by atoms with E-state index < -0.39 is 5.82 Å². The van der Waals surface area contributed by atoms with Crippen LogP contribution in [0.2, 0.25) is 5.02 Å². The van der Waals surface area contributed by atoms with E-state index in [-0.39, 0.29) is 5.82 Å². The predicted octanol–water partition coefficient (Wildman–Crippen LogP) is 6.12. The number of nitrogens with zero attached hydrogens (tertiary/aromatic N) is 4. The van der Waals surface area contributed by atoms with Gasteiger partial charge in [0.25, 0.3) is 0 Å². The van der Waals surface area contributed by atoms with Gasteiger partial charge in [-0.2, -0.15) is 0 Å². The van der Waals surface area contributed by atoms with Crippen molar-refractivity contribution in [1.82, 2.24) is 18.9 Å². The fraction of sp³-hybridized carbons (Fsp3) is 0.389. The molecular formula is C18H18ClFIN5S. The van der Waals surface area contributed by atoms with Gasteiger partial charge in [-0.05, 0) is 24.8 Å². The molecule has 27 heavy (non-hydrogen) atoms. The van der Waals surface area contributed by atoms with E-state index in [9.17, 15) is 4.39 Å². The molecule has 142 valence electrons. The molecule has 3 heterocycles. The lowest BCUT2D eigenvalue weighted by atomic mass is 9.89. The average molecular weight is 518 g/mol. The number of anilines is 1. The van der Waals surface area contributed by atoms with Crippen LogP contribution in [0.1, 0.15) is 32.1 Å². The molecule has 0 saturated heterocycles. The van der Waals surface area contributed by atoms with E-state index in [1.54, 1.807) is 6.20 Å². The van der Waals surface area contributed by atoms with Gasteiger partial charge in [0.1, 0.15) is 0 Å². The summed E-state index contributed by atoms with van der Waals surface area (Å²) >= 11 is 8.32. The monoisotopic (exact) mass is 517 g/mol. The zero-order chi connectivity index (χ0) is 18.8. The summed E-state index contributed by atoms with van der Waals surface area (Å²) in [5.41, 5.74) is 1.56. The summed E-state index contributed by atoms with van der Waals surface area (Å²) in [6.45, 7) is 0.742. The lowest BCUT2D eigenvalue weighted by molar-refractivity contribution is 0.373. The number of aromatic nitrogens is 4. The van der Waals surface area contributed by atoms with Gasteiger partial charge in [0, 0.05) is 60.2 Å². The largest absolute Gasteiger partial charge is 0.367 e. The van der Waals surface area contributed by atoms with Gasteiger partial charge < -0.3 is 5.32 Å². The fourth-order valence-corrected chi connectivity index (χ4v) is 4.95. The summed E-state index contributed by atoms with van der Waals surface area (Å²) < 4.78 is 16.2. The SMILES string of the molecule is Fc1cnc(-c2cn(SI)c3ncc(Cl)cc23)nc1NCC1CCCCC1. The van der Waals surface area contributed by atoms with E-state index in [0.29, 0.717) is 16.8 Å². The highest BCUT2D eigenvalue weighted by Crippen LogP contribution is 2.34. The van der Waals surface area contributed by atoms with Crippen LogP contribution in [-0.2, 0) is 0 Å². The van der Waals surface area contributed by atoms with Gasteiger partial charge in [-0.15, -0.1) is 0 Å². The van der Waals surface area contributed by atoms with Crippen LogP contribution < -0.4 is 5.32 Å². The highest BCUT2D eigenvalue weighted by atomic mass is 127. The molecule has 0 amide bonds. The molecule has 9 heteroatoms. The van der Waals surface area contributed by atoms with Crippen molar-refractivity contribution >= 4 is 58.8 Å². The molecule has 1 N–H and O–H groups in total. The van der Waals surface area contributed by atoms with Crippen molar-refractivity contribution in [1.29, 1.82) is 0 Å². The Morgan fingerprint density at radius 3 is 2.85 bits per heavy atom. The molecule has 0 aromatic carbocycles. The van der Waals surface area contributed by atoms with Crippen LogP contribution in [0.4, 0.5) is 10.2 Å². The number of hydrogen-bond acceptors (Lipinski definition) is 5. The predicted molar refractivity (Wildman–Crippen MR) is 118 cm³/mol. The van der Waals surface area contributed by atoms with Crippen LogP contribution in [0.25, 0.3) is 22.4 Å². The molecule has 4 rings (SSSR count). The first-order valence-electron chi connectivity index (χ1n) is 8.88. The lowest BCUT2D eigenvalue weighted by Gasteiger charge is -2.22. The fourth-order valence-electron chi connectivity index (χ4n) is 3.54. The van der Waals surface area contributed by atoms with E-state index in [1.165, 1.54) is 47.4 Å². The Labute approximate surface area is 178 Å². The molecule has 0 aliphatic heterocycles. The summed E-state index contributed by atoms with van der Waals surface area (Å²) in [4.78, 5) is 13.1. The van der Waals surface area contributed by atoms with Gasteiger partial charge >= 0.3 is 0 Å². The van der Waals surface area contributed by atoms with Crippen LogP contribution in [0.3, 0.4) is 0 Å². The highest BCUT2D eigenvalue weighted by Gasteiger charge is 2.18. The Bertz CT molecular complexity index is 960. The summed E-state index contributed by atoms with van der Waals surface area (Å²) in [5.74, 6) is 0.860. The van der Waals surface area contributed by atoms with E-state index in [0.717, 1.165) is 23.1 Å². The molecule has 0 spiro atoms. The molecule has 3 aromatic heterocycles. The van der Waals surface area contributed by atoms with E-state index in [2.05, 4.69) is 41.5 Å². The van der Waals surface area contributed by atoms with Gasteiger partial charge in [-0.3, -0.25) is 3.97 Å². The smallest absolute Gasteiger partial charge is 0.183 e. The Balaban J connectivity index is 1.66. The van der Waals surface area contributed by atoms with Gasteiger partial charge in [0.05, 0.1) is 11.2 Å². The first-order valence-corrected chi connectivity index (χ1v) is 12.6. The zero-order valence-electron chi connectivity index (χ0n) is 14.5. The molecule has 0 bridgehead atoms. The third-order valence-electron chi connectivity index (χ3n) is 4.92. The Hall–Kier alpha value is -1.13. The van der Waals surface area contributed by atoms with Gasteiger partial charge in [-0.1, -0.05) is 30.9 Å². The second-order valence-electron chi connectivity index (χ2n) is 6.74. The molecule has 5 nitrogen and oxygen atoms in total. The van der Waals surface area contributed by atoms with Crippen LogP contribution >= 0.6 is 41.9 Å². The Morgan fingerprint density at radius 1 is 1.26 bits per heavy atom. The van der Waals surface area contributed by atoms with Crippen molar-refractivity contribution in [2.24, 2.45) is 5.92 Å². The van der Waals surface area contributed by atoms with Crippen molar-refractivity contribution in [3.63, 3.8) is 0 Å². The maximum atomic E-state index is 14.3. The summed E-state index contributed by atoms with van der Waals surface area (Å²) in [6.07, 6.45) is 10.9. The minimum absolute atomic E-state index is 0.253. The van der Waals surface area contributed by atoms with Crippen molar-refractivity contribution in [3.8, 4) is 11.4 Å². The first kappa shape index (κ1) is 19.2. The van der Waals surface area contributed by atoms with Gasteiger partial charge in [-0.25, -0.2) is 19.3 Å². The van der Waals surface area contributed by atoms with Crippen molar-refractivity contribution < 1.29 is 4.39 Å².